The van der Waals surface area contributed by atoms with Crippen molar-refractivity contribution in [1.82, 2.24) is 4.90 Å². The van der Waals surface area contributed by atoms with E-state index < -0.39 is 0 Å². The second-order valence-corrected chi connectivity index (χ2v) is 5.73. The summed E-state index contributed by atoms with van der Waals surface area (Å²) in [5.41, 5.74) is 8.16. The van der Waals surface area contributed by atoms with E-state index in [0.29, 0.717) is 0 Å². The SMILES string of the molecule is CCC(C)(C)N(C)Cc1ccc(Br)c(N)c1. The fourth-order valence-corrected chi connectivity index (χ4v) is 1.70. The lowest BCUT2D eigenvalue weighted by Gasteiger charge is -2.34. The highest BCUT2D eigenvalue weighted by molar-refractivity contribution is 9.10. The van der Waals surface area contributed by atoms with Gasteiger partial charge in [0.05, 0.1) is 0 Å². The van der Waals surface area contributed by atoms with Crippen LogP contribution in [0, 0.1) is 0 Å². The molecule has 0 saturated carbocycles. The van der Waals surface area contributed by atoms with Crippen LogP contribution in [0.5, 0.6) is 0 Å². The van der Waals surface area contributed by atoms with Crippen molar-refractivity contribution in [3.05, 3.63) is 28.2 Å². The summed E-state index contributed by atoms with van der Waals surface area (Å²) in [6.07, 6.45) is 1.13. The average Bonchev–Trinajstić information content (AvgIpc) is 2.23. The third-order valence-electron chi connectivity index (χ3n) is 3.38. The van der Waals surface area contributed by atoms with E-state index in [1.54, 1.807) is 0 Å². The highest BCUT2D eigenvalue weighted by atomic mass is 79.9. The quantitative estimate of drug-likeness (QED) is 0.856. The van der Waals surface area contributed by atoms with Crippen molar-refractivity contribution >= 4 is 21.6 Å². The van der Waals surface area contributed by atoms with Gasteiger partial charge in [-0.3, -0.25) is 4.90 Å². The molecule has 16 heavy (non-hydrogen) atoms. The van der Waals surface area contributed by atoms with E-state index in [0.717, 1.165) is 23.1 Å². The second kappa shape index (κ2) is 5.19. The Labute approximate surface area is 107 Å². The summed E-state index contributed by atoms with van der Waals surface area (Å²) in [5.74, 6) is 0. The molecule has 0 atom stereocenters. The fraction of sp³-hybridized carbons (Fsp3) is 0.538. The maximum absolute atomic E-state index is 5.87. The molecule has 1 rings (SSSR count). The number of nitrogens with zero attached hydrogens (tertiary/aromatic N) is 1. The third-order valence-corrected chi connectivity index (χ3v) is 4.10. The predicted molar refractivity (Wildman–Crippen MR) is 74.4 cm³/mol. The normalized spacial score (nSPS) is 12.1. The lowest BCUT2D eigenvalue weighted by molar-refractivity contribution is 0.143. The molecule has 1 aromatic carbocycles. The maximum atomic E-state index is 5.87. The first-order valence-corrected chi connectivity index (χ1v) is 6.41. The highest BCUT2D eigenvalue weighted by Crippen LogP contribution is 2.23. The minimum absolute atomic E-state index is 0.224. The molecule has 0 aromatic heterocycles. The Hall–Kier alpha value is -0.540. The van der Waals surface area contributed by atoms with Crippen molar-refractivity contribution in [2.24, 2.45) is 0 Å². The van der Waals surface area contributed by atoms with E-state index in [4.69, 9.17) is 5.73 Å². The Morgan fingerprint density at radius 2 is 2.00 bits per heavy atom. The maximum Gasteiger partial charge on any atom is 0.0461 e. The summed E-state index contributed by atoms with van der Waals surface area (Å²) in [5, 5.41) is 0. The molecule has 1 aromatic rings. The topological polar surface area (TPSA) is 29.3 Å². The number of benzene rings is 1. The summed E-state index contributed by atoms with van der Waals surface area (Å²) in [7, 11) is 2.15. The van der Waals surface area contributed by atoms with Gasteiger partial charge in [0.1, 0.15) is 0 Å². The Bertz CT molecular complexity index is 361. The molecule has 0 unspecified atom stereocenters. The van der Waals surface area contributed by atoms with Crippen molar-refractivity contribution in [3.8, 4) is 0 Å². The van der Waals surface area contributed by atoms with E-state index in [9.17, 15) is 0 Å². The molecule has 0 radical (unpaired) electrons. The lowest BCUT2D eigenvalue weighted by Crippen LogP contribution is -2.39. The van der Waals surface area contributed by atoms with Gasteiger partial charge >= 0.3 is 0 Å². The molecule has 0 aliphatic carbocycles. The van der Waals surface area contributed by atoms with Gasteiger partial charge in [0.15, 0.2) is 0 Å². The molecule has 2 N–H and O–H groups in total. The fourth-order valence-electron chi connectivity index (χ4n) is 1.45. The standard InChI is InChI=1S/C13H21BrN2/c1-5-13(2,3)16(4)9-10-6-7-11(14)12(15)8-10/h6-8H,5,9,15H2,1-4H3. The van der Waals surface area contributed by atoms with Crippen LogP contribution < -0.4 is 5.73 Å². The van der Waals surface area contributed by atoms with Crippen LogP contribution in [0.1, 0.15) is 32.8 Å². The van der Waals surface area contributed by atoms with Gasteiger partial charge in [-0.15, -0.1) is 0 Å². The van der Waals surface area contributed by atoms with Crippen LogP contribution in [0.2, 0.25) is 0 Å². The van der Waals surface area contributed by atoms with Crippen LogP contribution in [0.25, 0.3) is 0 Å². The van der Waals surface area contributed by atoms with Crippen molar-refractivity contribution in [2.45, 2.75) is 39.3 Å². The lowest BCUT2D eigenvalue weighted by atomic mass is 9.99. The summed E-state index contributed by atoms with van der Waals surface area (Å²) < 4.78 is 0.966. The summed E-state index contributed by atoms with van der Waals surface area (Å²) in [6, 6.07) is 6.16. The van der Waals surface area contributed by atoms with Gasteiger partial charge in [-0.1, -0.05) is 13.0 Å². The Kier molecular flexibility index (Phi) is 4.39. The Morgan fingerprint density at radius 3 is 2.50 bits per heavy atom. The van der Waals surface area contributed by atoms with Gasteiger partial charge < -0.3 is 5.73 Å². The number of halogens is 1. The van der Waals surface area contributed by atoms with Crippen molar-refractivity contribution in [1.29, 1.82) is 0 Å². The number of hydrogen-bond donors (Lipinski definition) is 1. The smallest absolute Gasteiger partial charge is 0.0461 e. The zero-order chi connectivity index (χ0) is 12.3. The number of rotatable bonds is 4. The summed E-state index contributed by atoms with van der Waals surface area (Å²) in [4.78, 5) is 2.36. The largest absolute Gasteiger partial charge is 0.398 e. The zero-order valence-corrected chi connectivity index (χ0v) is 12.1. The van der Waals surface area contributed by atoms with Gasteiger partial charge in [0, 0.05) is 22.2 Å². The molecular weight excluding hydrogens is 264 g/mol. The number of hydrogen-bond acceptors (Lipinski definition) is 2. The first-order valence-electron chi connectivity index (χ1n) is 5.62. The van der Waals surface area contributed by atoms with Crippen molar-refractivity contribution in [3.63, 3.8) is 0 Å². The van der Waals surface area contributed by atoms with E-state index in [2.05, 4.69) is 54.7 Å². The molecule has 2 nitrogen and oxygen atoms in total. The average molecular weight is 285 g/mol. The van der Waals surface area contributed by atoms with Gasteiger partial charge in [0.25, 0.3) is 0 Å². The van der Waals surface area contributed by atoms with Crippen LogP contribution in [0.4, 0.5) is 5.69 Å². The van der Waals surface area contributed by atoms with Crippen LogP contribution in [0.15, 0.2) is 22.7 Å². The molecular formula is C13H21BrN2. The van der Waals surface area contributed by atoms with Crippen molar-refractivity contribution < 1.29 is 0 Å². The van der Waals surface area contributed by atoms with Crippen molar-refractivity contribution in [2.75, 3.05) is 12.8 Å². The predicted octanol–water partition coefficient (Wildman–Crippen LogP) is 3.65. The van der Waals surface area contributed by atoms with Gasteiger partial charge in [-0.25, -0.2) is 0 Å². The number of anilines is 1. The number of nitrogens with two attached hydrogens (primary N) is 1. The number of nitrogen functional groups attached to an aromatic ring is 1. The van der Waals surface area contributed by atoms with E-state index in [1.807, 2.05) is 12.1 Å². The second-order valence-electron chi connectivity index (χ2n) is 4.88. The first-order chi connectivity index (χ1) is 7.36. The van der Waals surface area contributed by atoms with E-state index in [-0.39, 0.29) is 5.54 Å². The molecule has 0 heterocycles. The molecule has 0 aliphatic rings. The summed E-state index contributed by atoms with van der Waals surface area (Å²) >= 11 is 3.41. The van der Waals surface area contributed by atoms with Gasteiger partial charge in [0.2, 0.25) is 0 Å². The van der Waals surface area contributed by atoms with E-state index in [1.165, 1.54) is 5.56 Å². The highest BCUT2D eigenvalue weighted by Gasteiger charge is 2.20. The van der Waals surface area contributed by atoms with Gasteiger partial charge in [-0.2, -0.15) is 0 Å². The minimum Gasteiger partial charge on any atom is -0.398 e. The molecule has 0 saturated heterocycles. The third kappa shape index (κ3) is 3.22. The Morgan fingerprint density at radius 1 is 1.38 bits per heavy atom. The summed E-state index contributed by atoms with van der Waals surface area (Å²) in [6.45, 7) is 7.66. The van der Waals surface area contributed by atoms with Crippen LogP contribution in [-0.2, 0) is 6.54 Å². The van der Waals surface area contributed by atoms with E-state index >= 15 is 0 Å². The molecule has 0 amide bonds. The molecule has 0 spiro atoms. The molecule has 0 bridgehead atoms. The van der Waals surface area contributed by atoms with Crippen LogP contribution in [0.3, 0.4) is 0 Å². The molecule has 0 fully saturated rings. The van der Waals surface area contributed by atoms with Crippen LogP contribution >= 0.6 is 15.9 Å². The minimum atomic E-state index is 0.224. The van der Waals surface area contributed by atoms with Crippen LogP contribution in [-0.4, -0.2) is 17.5 Å². The zero-order valence-electron chi connectivity index (χ0n) is 10.5. The molecule has 3 heteroatoms. The molecule has 90 valence electrons. The van der Waals surface area contributed by atoms with Gasteiger partial charge in [-0.05, 0) is 60.9 Å². The first kappa shape index (κ1) is 13.5. The Balaban J connectivity index is 2.77. The monoisotopic (exact) mass is 284 g/mol. The molecule has 0 aliphatic heterocycles.